The minimum absolute atomic E-state index is 0. The van der Waals surface area contributed by atoms with Crippen molar-refractivity contribution in [3.63, 3.8) is 0 Å². The molecule has 0 aromatic heterocycles. The van der Waals surface area contributed by atoms with Gasteiger partial charge in [0, 0.05) is 0 Å². The van der Waals surface area contributed by atoms with Gasteiger partial charge in [0.2, 0.25) is 0 Å². The summed E-state index contributed by atoms with van der Waals surface area (Å²) in [6, 6.07) is 0. The molecule has 1 heterocycles. The van der Waals surface area contributed by atoms with Crippen molar-refractivity contribution >= 4 is 16.8 Å². The Hall–Kier alpha value is 0.713. The monoisotopic (exact) mass is 171 g/mol. The third-order valence-electron chi connectivity index (χ3n) is 1.33. The quantitative estimate of drug-likeness (QED) is 0.463. The van der Waals surface area contributed by atoms with E-state index in [9.17, 15) is 0 Å². The Bertz CT molecular complexity index is 48.2. The Labute approximate surface area is 74.5 Å². The summed E-state index contributed by atoms with van der Waals surface area (Å²) < 4.78 is 0. The molecule has 0 spiro atoms. The summed E-state index contributed by atoms with van der Waals surface area (Å²) in [7, 11) is 2.17. The molecule has 0 unspecified atom stereocenters. The summed E-state index contributed by atoms with van der Waals surface area (Å²) in [5.41, 5.74) is 0. The zero-order chi connectivity index (χ0) is 4.41. The third kappa shape index (κ3) is 6.60. The molecular weight excluding hydrogens is 161 g/mol. The molecule has 0 aliphatic carbocycles. The van der Waals surface area contributed by atoms with Crippen LogP contribution in [0.5, 0.6) is 0 Å². The minimum atomic E-state index is 0. The fraction of sp³-hybridized carbons (Fsp3) is 1.00. The van der Waals surface area contributed by atoms with E-state index in [2.05, 4.69) is 11.9 Å². The first kappa shape index (κ1) is 16.4. The van der Waals surface area contributed by atoms with Gasteiger partial charge in [-0.1, -0.05) is 0 Å². The topological polar surface area (TPSA) is 3.24 Å². The molecule has 44 valence electrons. The zero-order valence-electron chi connectivity index (χ0n) is 6.14. The van der Waals surface area contributed by atoms with Crippen LogP contribution in [0.2, 0.25) is 0 Å². The second-order valence-corrected chi connectivity index (χ2v) is 2.01. The molecule has 1 aliphatic rings. The van der Waals surface area contributed by atoms with Gasteiger partial charge >= 0.3 is 19.5 Å². The molecular formula is C5H11B2NZn. The van der Waals surface area contributed by atoms with Gasteiger partial charge in [0.05, 0.1) is 0 Å². The minimum Gasteiger partial charge on any atom is -1.00 e. The van der Waals surface area contributed by atoms with E-state index in [1.165, 1.54) is 25.9 Å². The molecule has 0 bridgehead atoms. The van der Waals surface area contributed by atoms with Crippen LogP contribution in [0.3, 0.4) is 0 Å². The Morgan fingerprint density at radius 2 is 1.33 bits per heavy atom. The van der Waals surface area contributed by atoms with Crippen LogP contribution in [0.15, 0.2) is 0 Å². The van der Waals surface area contributed by atoms with Gasteiger partial charge in [0.25, 0.3) is 0 Å². The van der Waals surface area contributed by atoms with Crippen LogP contribution >= 0.6 is 0 Å². The maximum absolute atomic E-state index is 2.36. The van der Waals surface area contributed by atoms with Crippen LogP contribution in [0.1, 0.15) is 12.8 Å². The van der Waals surface area contributed by atoms with E-state index in [4.69, 9.17) is 0 Å². The average Bonchev–Trinajstić information content (AvgIpc) is 1.86. The number of likely N-dealkylation sites (tertiary alicyclic amines) is 1. The number of hydrogen-bond donors (Lipinski definition) is 0. The number of nitrogens with zero attached hydrogens (tertiary/aromatic N) is 1. The van der Waals surface area contributed by atoms with Gasteiger partial charge in [-0.3, -0.25) is 0 Å². The molecule has 0 aromatic carbocycles. The molecule has 1 nitrogen and oxygen atoms in total. The van der Waals surface area contributed by atoms with Crippen LogP contribution in [-0.4, -0.2) is 41.9 Å². The number of hydrogen-bond acceptors (Lipinski definition) is 1. The predicted molar refractivity (Wildman–Crippen MR) is 38.2 cm³/mol. The smallest absolute Gasteiger partial charge is 1.00 e. The summed E-state index contributed by atoms with van der Waals surface area (Å²) in [6.45, 7) is 2.64. The molecule has 0 atom stereocenters. The molecule has 0 saturated carbocycles. The van der Waals surface area contributed by atoms with Crippen LogP contribution < -0.4 is 0 Å². The van der Waals surface area contributed by atoms with E-state index < -0.39 is 0 Å². The van der Waals surface area contributed by atoms with Gasteiger partial charge in [0.1, 0.15) is 0 Å². The first-order valence-corrected chi connectivity index (χ1v) is 2.58. The summed E-state index contributed by atoms with van der Waals surface area (Å²) in [6.07, 6.45) is 2.83. The van der Waals surface area contributed by atoms with Gasteiger partial charge in [0.15, 0.2) is 0 Å². The Morgan fingerprint density at radius 3 is 1.44 bits per heavy atom. The van der Waals surface area contributed by atoms with E-state index >= 15 is 0 Å². The SMILES string of the molecule is CN1CCCC1.[B-].[B-].[Zn+2]. The van der Waals surface area contributed by atoms with Crippen LogP contribution in [0.4, 0.5) is 0 Å². The van der Waals surface area contributed by atoms with Crippen LogP contribution in [-0.2, 0) is 19.5 Å². The molecule has 8 radical (unpaired) electrons. The van der Waals surface area contributed by atoms with Gasteiger partial charge in [-0.15, -0.1) is 0 Å². The maximum atomic E-state index is 2.36. The van der Waals surface area contributed by atoms with E-state index in [1.54, 1.807) is 0 Å². The maximum Gasteiger partial charge on any atom is 2.00 e. The summed E-state index contributed by atoms with van der Waals surface area (Å²) in [4.78, 5) is 2.36. The molecule has 1 aliphatic heterocycles. The molecule has 0 aromatic rings. The molecule has 1 rings (SSSR count). The van der Waals surface area contributed by atoms with Crippen molar-refractivity contribution in [3.05, 3.63) is 0 Å². The third-order valence-corrected chi connectivity index (χ3v) is 1.33. The molecule has 1 saturated heterocycles. The fourth-order valence-electron chi connectivity index (χ4n) is 0.875. The standard InChI is InChI=1S/C5H11N.2B.Zn/c1-6-4-2-3-5-6;;;/h2-5H2,1H3;;;/q;2*-1;+2. The summed E-state index contributed by atoms with van der Waals surface area (Å²) in [5.74, 6) is 0. The molecule has 4 heteroatoms. The van der Waals surface area contributed by atoms with Crippen molar-refractivity contribution in [3.8, 4) is 0 Å². The predicted octanol–water partition coefficient (Wildman–Crippen LogP) is -0.0521. The Morgan fingerprint density at radius 1 is 1.00 bits per heavy atom. The molecule has 0 N–H and O–H groups in total. The van der Waals surface area contributed by atoms with Crippen LogP contribution in [0.25, 0.3) is 0 Å². The van der Waals surface area contributed by atoms with E-state index in [1.807, 2.05) is 0 Å². The normalized spacial score (nSPS) is 17.0. The Balaban J connectivity index is -0.000000120. The van der Waals surface area contributed by atoms with Crippen molar-refractivity contribution in [2.75, 3.05) is 20.1 Å². The molecule has 0 amide bonds. The van der Waals surface area contributed by atoms with Crippen molar-refractivity contribution in [1.29, 1.82) is 0 Å². The second-order valence-electron chi connectivity index (χ2n) is 2.01. The molecule has 9 heavy (non-hydrogen) atoms. The van der Waals surface area contributed by atoms with Crippen molar-refractivity contribution < 1.29 is 19.5 Å². The van der Waals surface area contributed by atoms with Crippen molar-refractivity contribution in [1.82, 2.24) is 4.90 Å². The summed E-state index contributed by atoms with van der Waals surface area (Å²) >= 11 is 0. The molecule has 1 fully saturated rings. The van der Waals surface area contributed by atoms with E-state index in [0.717, 1.165) is 0 Å². The van der Waals surface area contributed by atoms with Gasteiger partial charge in [-0.2, -0.15) is 0 Å². The second kappa shape index (κ2) is 8.71. The number of rotatable bonds is 0. The largest absolute Gasteiger partial charge is 2.00 e. The van der Waals surface area contributed by atoms with Gasteiger partial charge in [-0.05, 0) is 33.0 Å². The first-order chi connectivity index (χ1) is 2.89. The average molecular weight is 172 g/mol. The van der Waals surface area contributed by atoms with E-state index in [-0.39, 0.29) is 36.3 Å². The Kier molecular flexibility index (Phi) is 15.8. The van der Waals surface area contributed by atoms with Crippen molar-refractivity contribution in [2.24, 2.45) is 0 Å². The van der Waals surface area contributed by atoms with E-state index in [0.29, 0.717) is 0 Å². The van der Waals surface area contributed by atoms with Crippen LogP contribution in [0, 0.1) is 0 Å². The van der Waals surface area contributed by atoms with Gasteiger partial charge < -0.3 is 21.7 Å². The van der Waals surface area contributed by atoms with Crippen molar-refractivity contribution in [2.45, 2.75) is 12.8 Å². The fourth-order valence-corrected chi connectivity index (χ4v) is 0.875. The first-order valence-electron chi connectivity index (χ1n) is 2.58. The van der Waals surface area contributed by atoms with Gasteiger partial charge in [-0.25, -0.2) is 0 Å². The zero-order valence-corrected chi connectivity index (χ0v) is 9.10. The summed E-state index contributed by atoms with van der Waals surface area (Å²) in [5, 5.41) is 0.